The molecular weight excluding hydrogens is 208 g/mol. The van der Waals surface area contributed by atoms with Crippen LogP contribution in [0.4, 0.5) is 5.69 Å². The zero-order valence-corrected chi connectivity index (χ0v) is 11.0. The first-order valence-corrected chi connectivity index (χ1v) is 6.58. The molecule has 1 aromatic carbocycles. The van der Waals surface area contributed by atoms with Gasteiger partial charge in [0.15, 0.2) is 0 Å². The highest BCUT2D eigenvalue weighted by Crippen LogP contribution is 2.54. The topological polar surface area (TPSA) is 38.0 Å². The molecule has 1 saturated heterocycles. The van der Waals surface area contributed by atoms with E-state index in [4.69, 9.17) is 5.73 Å². The summed E-state index contributed by atoms with van der Waals surface area (Å²) in [4.78, 5) is 0. The van der Waals surface area contributed by atoms with Crippen LogP contribution in [-0.4, -0.2) is 12.6 Å². The van der Waals surface area contributed by atoms with Crippen LogP contribution in [0, 0.1) is 5.41 Å². The molecular formula is C15H22N2. The summed E-state index contributed by atoms with van der Waals surface area (Å²) in [5.74, 6) is 0. The number of nitrogens with one attached hydrogen (secondary N) is 1. The summed E-state index contributed by atoms with van der Waals surface area (Å²) in [5.41, 5.74) is 10.6. The van der Waals surface area contributed by atoms with Crippen molar-refractivity contribution in [3.05, 3.63) is 29.3 Å². The number of piperidine rings is 1. The second-order valence-corrected chi connectivity index (χ2v) is 6.39. The lowest BCUT2D eigenvalue weighted by Gasteiger charge is -2.57. The number of nitrogens with two attached hydrogens (primary N) is 1. The van der Waals surface area contributed by atoms with Crippen molar-refractivity contribution in [2.75, 3.05) is 12.3 Å². The van der Waals surface area contributed by atoms with Crippen molar-refractivity contribution in [2.24, 2.45) is 5.41 Å². The van der Waals surface area contributed by atoms with Crippen molar-refractivity contribution >= 4 is 5.69 Å². The van der Waals surface area contributed by atoms with Crippen molar-refractivity contribution in [1.82, 2.24) is 5.32 Å². The normalized spacial score (nSPS) is 34.2. The molecule has 0 radical (unpaired) electrons. The van der Waals surface area contributed by atoms with Crippen LogP contribution >= 0.6 is 0 Å². The Balaban J connectivity index is 2.26. The minimum atomic E-state index is 0.256. The van der Waals surface area contributed by atoms with Crippen LogP contribution in [-0.2, 0) is 11.8 Å². The summed E-state index contributed by atoms with van der Waals surface area (Å²) in [6.45, 7) is 8.34. The van der Waals surface area contributed by atoms with E-state index in [0.717, 1.165) is 18.7 Å². The van der Waals surface area contributed by atoms with Crippen molar-refractivity contribution in [1.29, 1.82) is 0 Å². The van der Waals surface area contributed by atoms with Gasteiger partial charge in [0.25, 0.3) is 0 Å². The van der Waals surface area contributed by atoms with Gasteiger partial charge in [-0.05, 0) is 42.0 Å². The van der Waals surface area contributed by atoms with Gasteiger partial charge in [-0.15, -0.1) is 0 Å². The third-order valence-electron chi connectivity index (χ3n) is 5.52. The van der Waals surface area contributed by atoms with Crippen LogP contribution in [0.2, 0.25) is 0 Å². The van der Waals surface area contributed by atoms with Gasteiger partial charge >= 0.3 is 0 Å². The molecule has 1 unspecified atom stereocenters. The molecule has 0 amide bonds. The minimum absolute atomic E-state index is 0.256. The molecule has 0 spiro atoms. The number of benzene rings is 1. The Morgan fingerprint density at radius 3 is 2.82 bits per heavy atom. The van der Waals surface area contributed by atoms with Gasteiger partial charge in [0.05, 0.1) is 0 Å². The smallest absolute Gasteiger partial charge is 0.0350 e. The fourth-order valence-electron chi connectivity index (χ4n) is 3.82. The van der Waals surface area contributed by atoms with Crippen LogP contribution in [0.5, 0.6) is 0 Å². The zero-order chi connectivity index (χ0) is 12.3. The zero-order valence-electron chi connectivity index (χ0n) is 11.0. The van der Waals surface area contributed by atoms with Crippen LogP contribution in [0.15, 0.2) is 18.2 Å². The maximum Gasteiger partial charge on any atom is 0.0350 e. The summed E-state index contributed by atoms with van der Waals surface area (Å²) >= 11 is 0. The maximum atomic E-state index is 6.16. The Kier molecular flexibility index (Phi) is 2.13. The molecule has 1 aliphatic carbocycles. The first-order chi connectivity index (χ1) is 7.97. The van der Waals surface area contributed by atoms with Crippen LogP contribution in [0.1, 0.15) is 38.3 Å². The number of anilines is 1. The van der Waals surface area contributed by atoms with E-state index in [0.29, 0.717) is 11.5 Å². The first kappa shape index (κ1) is 11.1. The Bertz CT molecular complexity index is 464. The summed E-state index contributed by atoms with van der Waals surface area (Å²) in [6.07, 6.45) is 2.28. The number of hydrogen-bond acceptors (Lipinski definition) is 2. The van der Waals surface area contributed by atoms with Crippen LogP contribution < -0.4 is 11.1 Å². The van der Waals surface area contributed by atoms with Gasteiger partial charge in [-0.2, -0.15) is 0 Å². The van der Waals surface area contributed by atoms with E-state index >= 15 is 0 Å². The second-order valence-electron chi connectivity index (χ2n) is 6.39. The average Bonchev–Trinajstić information content (AvgIpc) is 2.24. The van der Waals surface area contributed by atoms with Crippen molar-refractivity contribution in [3.8, 4) is 0 Å². The summed E-state index contributed by atoms with van der Waals surface area (Å²) < 4.78 is 0. The van der Waals surface area contributed by atoms with Crippen LogP contribution in [0.3, 0.4) is 0 Å². The summed E-state index contributed by atoms with van der Waals surface area (Å²) in [5, 5.41) is 3.68. The molecule has 1 fully saturated rings. The van der Waals surface area contributed by atoms with Gasteiger partial charge in [0.1, 0.15) is 0 Å². The van der Waals surface area contributed by atoms with E-state index in [-0.39, 0.29) is 5.41 Å². The highest BCUT2D eigenvalue weighted by atomic mass is 15.0. The van der Waals surface area contributed by atoms with E-state index in [1.165, 1.54) is 17.5 Å². The standard InChI is InChI=1S/C15H22N2/c1-14(2)13-9-10-11(5-4-6-12(10)16)15(14,3)7-8-17-13/h4-6,13,17H,7-9,16H2,1-3H3/t13-,15?/m1/s1. The van der Waals surface area contributed by atoms with Crippen molar-refractivity contribution in [2.45, 2.75) is 45.1 Å². The van der Waals surface area contributed by atoms with E-state index in [1.807, 2.05) is 6.07 Å². The molecule has 0 saturated carbocycles. The Hall–Kier alpha value is -1.02. The van der Waals surface area contributed by atoms with Crippen molar-refractivity contribution in [3.63, 3.8) is 0 Å². The Morgan fingerprint density at radius 2 is 2.06 bits per heavy atom. The van der Waals surface area contributed by atoms with E-state index < -0.39 is 0 Å². The number of nitrogen functional groups attached to an aromatic ring is 1. The predicted molar refractivity (Wildman–Crippen MR) is 72.1 cm³/mol. The van der Waals surface area contributed by atoms with Crippen LogP contribution in [0.25, 0.3) is 0 Å². The molecule has 2 bridgehead atoms. The molecule has 1 heterocycles. The van der Waals surface area contributed by atoms with Crippen molar-refractivity contribution < 1.29 is 0 Å². The van der Waals surface area contributed by atoms with E-state index in [2.05, 4.69) is 38.2 Å². The number of fused-ring (bicyclic) bond motifs is 4. The molecule has 92 valence electrons. The SMILES string of the molecule is CC12CCN[C@H](Cc3c(N)cccc31)C2(C)C. The molecule has 2 heteroatoms. The molecule has 17 heavy (non-hydrogen) atoms. The number of rotatable bonds is 0. The van der Waals surface area contributed by atoms with Gasteiger partial charge in [-0.25, -0.2) is 0 Å². The lowest BCUT2D eigenvalue weighted by atomic mass is 9.51. The number of hydrogen-bond donors (Lipinski definition) is 2. The molecule has 2 nitrogen and oxygen atoms in total. The quantitative estimate of drug-likeness (QED) is 0.672. The molecule has 1 aromatic rings. The summed E-state index contributed by atoms with van der Waals surface area (Å²) in [7, 11) is 0. The maximum absolute atomic E-state index is 6.16. The molecule has 2 atom stereocenters. The molecule has 2 aliphatic rings. The highest BCUT2D eigenvalue weighted by Gasteiger charge is 2.53. The molecule has 0 aromatic heterocycles. The van der Waals surface area contributed by atoms with E-state index in [9.17, 15) is 0 Å². The Morgan fingerprint density at radius 1 is 1.29 bits per heavy atom. The highest BCUT2D eigenvalue weighted by molar-refractivity contribution is 5.56. The van der Waals surface area contributed by atoms with Gasteiger partial charge in [0.2, 0.25) is 0 Å². The first-order valence-electron chi connectivity index (χ1n) is 6.58. The second kappa shape index (κ2) is 3.26. The third kappa shape index (κ3) is 1.25. The largest absolute Gasteiger partial charge is 0.398 e. The fraction of sp³-hybridized carbons (Fsp3) is 0.600. The monoisotopic (exact) mass is 230 g/mol. The van der Waals surface area contributed by atoms with Gasteiger partial charge in [-0.1, -0.05) is 32.9 Å². The lowest BCUT2D eigenvalue weighted by molar-refractivity contribution is 0.0562. The summed E-state index contributed by atoms with van der Waals surface area (Å²) in [6, 6.07) is 6.99. The molecule has 3 rings (SSSR count). The van der Waals surface area contributed by atoms with E-state index in [1.54, 1.807) is 0 Å². The van der Waals surface area contributed by atoms with Gasteiger partial charge in [0, 0.05) is 17.1 Å². The lowest BCUT2D eigenvalue weighted by Crippen LogP contribution is -2.62. The molecule has 1 aliphatic heterocycles. The average molecular weight is 230 g/mol. The predicted octanol–water partition coefficient (Wildman–Crippen LogP) is 2.47. The minimum Gasteiger partial charge on any atom is -0.398 e. The molecule has 3 N–H and O–H groups in total. The third-order valence-corrected chi connectivity index (χ3v) is 5.52. The van der Waals surface area contributed by atoms with Gasteiger partial charge < -0.3 is 11.1 Å². The Labute approximate surface area is 104 Å². The fourth-order valence-corrected chi connectivity index (χ4v) is 3.82. The van der Waals surface area contributed by atoms with Gasteiger partial charge in [-0.3, -0.25) is 0 Å².